The third kappa shape index (κ3) is 2.35. The van der Waals surface area contributed by atoms with Crippen LogP contribution in [0.1, 0.15) is 12.5 Å². The van der Waals surface area contributed by atoms with Crippen LogP contribution in [0.2, 0.25) is 0 Å². The van der Waals surface area contributed by atoms with E-state index in [1.807, 2.05) is 6.92 Å². The minimum atomic E-state index is -3.56. The van der Waals surface area contributed by atoms with E-state index in [4.69, 9.17) is 0 Å². The number of carbonyl (C=O) groups excluding carboxylic acids is 1. The highest BCUT2D eigenvalue weighted by Crippen LogP contribution is 2.35. The van der Waals surface area contributed by atoms with Crippen LogP contribution in [0.15, 0.2) is 41.3 Å². The fourth-order valence-electron chi connectivity index (χ4n) is 2.08. The Kier molecular flexibility index (Phi) is 3.36. The standard InChI is InChI=1S/C14H17NO3S/c1-11-4-6-13(7-5-11)19(17,18)15-8-12(2)14(3,9-15)10-16/h4-7,10H,2,8-9H2,1,3H3. The Hall–Kier alpha value is -1.46. The summed E-state index contributed by atoms with van der Waals surface area (Å²) < 4.78 is 26.2. The third-order valence-corrected chi connectivity index (χ3v) is 5.40. The van der Waals surface area contributed by atoms with Gasteiger partial charge in [-0.25, -0.2) is 8.42 Å². The molecule has 2 rings (SSSR count). The molecule has 1 aliphatic rings. The molecule has 1 unspecified atom stereocenters. The van der Waals surface area contributed by atoms with E-state index in [-0.39, 0.29) is 18.0 Å². The maximum absolute atomic E-state index is 12.5. The lowest BCUT2D eigenvalue weighted by Crippen LogP contribution is -2.31. The molecule has 0 spiro atoms. The van der Waals surface area contributed by atoms with E-state index in [1.54, 1.807) is 31.2 Å². The second kappa shape index (κ2) is 4.58. The van der Waals surface area contributed by atoms with Gasteiger partial charge in [0, 0.05) is 13.1 Å². The van der Waals surface area contributed by atoms with Crippen molar-refractivity contribution in [2.45, 2.75) is 18.7 Å². The molecule has 0 saturated carbocycles. The van der Waals surface area contributed by atoms with Gasteiger partial charge < -0.3 is 4.79 Å². The van der Waals surface area contributed by atoms with Crippen molar-refractivity contribution < 1.29 is 13.2 Å². The van der Waals surface area contributed by atoms with E-state index in [2.05, 4.69) is 6.58 Å². The highest BCUT2D eigenvalue weighted by Gasteiger charge is 2.42. The molecule has 102 valence electrons. The van der Waals surface area contributed by atoms with Gasteiger partial charge in [0.25, 0.3) is 0 Å². The molecule has 0 aliphatic carbocycles. The molecule has 19 heavy (non-hydrogen) atoms. The molecule has 4 nitrogen and oxygen atoms in total. The van der Waals surface area contributed by atoms with E-state index in [0.29, 0.717) is 5.57 Å². The number of aryl methyl sites for hydroxylation is 1. The second-order valence-corrected chi connectivity index (χ2v) is 7.16. The van der Waals surface area contributed by atoms with Gasteiger partial charge in [0.15, 0.2) is 0 Å². The molecule has 0 aromatic heterocycles. The third-order valence-electron chi connectivity index (χ3n) is 3.60. The smallest absolute Gasteiger partial charge is 0.243 e. The molecule has 0 radical (unpaired) electrons. The first kappa shape index (κ1) is 14.0. The van der Waals surface area contributed by atoms with Gasteiger partial charge >= 0.3 is 0 Å². The van der Waals surface area contributed by atoms with Crippen molar-refractivity contribution in [2.24, 2.45) is 5.41 Å². The molecule has 0 N–H and O–H groups in total. The van der Waals surface area contributed by atoms with Crippen molar-refractivity contribution in [3.8, 4) is 0 Å². The SMILES string of the molecule is C=C1CN(S(=O)(=O)c2ccc(C)cc2)CC1(C)C=O. The normalized spacial score (nSPS) is 24.6. The predicted octanol–water partition coefficient (Wildman–Crippen LogP) is 1.76. The number of aldehydes is 1. The van der Waals surface area contributed by atoms with Crippen LogP contribution in [-0.2, 0) is 14.8 Å². The van der Waals surface area contributed by atoms with Crippen LogP contribution in [0.5, 0.6) is 0 Å². The van der Waals surface area contributed by atoms with Crippen molar-refractivity contribution in [3.63, 3.8) is 0 Å². The van der Waals surface area contributed by atoms with Crippen molar-refractivity contribution in [3.05, 3.63) is 42.0 Å². The number of sulfonamides is 1. The molecule has 1 aromatic carbocycles. The molecular formula is C14H17NO3S. The van der Waals surface area contributed by atoms with Crippen LogP contribution in [0, 0.1) is 12.3 Å². The average molecular weight is 279 g/mol. The Morgan fingerprint density at radius 3 is 2.37 bits per heavy atom. The maximum atomic E-state index is 12.5. The summed E-state index contributed by atoms with van der Waals surface area (Å²) in [5.74, 6) is 0. The molecule has 1 atom stereocenters. The summed E-state index contributed by atoms with van der Waals surface area (Å²) in [6, 6.07) is 6.70. The molecule has 1 fully saturated rings. The molecule has 1 aliphatic heterocycles. The second-order valence-electron chi connectivity index (χ2n) is 5.23. The van der Waals surface area contributed by atoms with E-state index < -0.39 is 15.4 Å². The van der Waals surface area contributed by atoms with Gasteiger partial charge in [-0.1, -0.05) is 24.3 Å². The molecule has 1 aromatic rings. The van der Waals surface area contributed by atoms with Crippen LogP contribution in [0.4, 0.5) is 0 Å². The lowest BCUT2D eigenvalue weighted by atomic mass is 9.88. The molecular weight excluding hydrogens is 262 g/mol. The van der Waals surface area contributed by atoms with Crippen LogP contribution >= 0.6 is 0 Å². The lowest BCUT2D eigenvalue weighted by Gasteiger charge is -2.18. The summed E-state index contributed by atoms with van der Waals surface area (Å²) >= 11 is 0. The highest BCUT2D eigenvalue weighted by atomic mass is 32.2. The highest BCUT2D eigenvalue weighted by molar-refractivity contribution is 7.89. The number of carbonyl (C=O) groups is 1. The zero-order valence-corrected chi connectivity index (χ0v) is 11.9. The monoisotopic (exact) mass is 279 g/mol. The van der Waals surface area contributed by atoms with Crippen LogP contribution < -0.4 is 0 Å². The predicted molar refractivity (Wildman–Crippen MR) is 73.2 cm³/mol. The minimum absolute atomic E-state index is 0.158. The van der Waals surface area contributed by atoms with Gasteiger partial charge in [-0.2, -0.15) is 4.31 Å². The fourth-order valence-corrected chi connectivity index (χ4v) is 3.62. The zero-order chi connectivity index (χ0) is 14.3. The topological polar surface area (TPSA) is 54.5 Å². The summed E-state index contributed by atoms with van der Waals surface area (Å²) in [5, 5.41) is 0. The summed E-state index contributed by atoms with van der Waals surface area (Å²) in [4.78, 5) is 11.4. The summed E-state index contributed by atoms with van der Waals surface area (Å²) in [6.45, 7) is 7.79. The number of hydrogen-bond donors (Lipinski definition) is 0. The van der Waals surface area contributed by atoms with Crippen LogP contribution in [0.3, 0.4) is 0 Å². The van der Waals surface area contributed by atoms with Gasteiger partial charge in [0.2, 0.25) is 10.0 Å². The minimum Gasteiger partial charge on any atom is -0.302 e. The maximum Gasteiger partial charge on any atom is 0.243 e. The molecule has 0 bridgehead atoms. The molecule has 1 saturated heterocycles. The summed E-state index contributed by atoms with van der Waals surface area (Å²) in [6.07, 6.45) is 0.778. The summed E-state index contributed by atoms with van der Waals surface area (Å²) in [5.41, 5.74) is 0.860. The van der Waals surface area contributed by atoms with E-state index in [1.165, 1.54) is 4.31 Å². The van der Waals surface area contributed by atoms with Gasteiger partial charge in [-0.05, 0) is 31.6 Å². The van der Waals surface area contributed by atoms with Crippen LogP contribution in [0.25, 0.3) is 0 Å². The number of benzene rings is 1. The van der Waals surface area contributed by atoms with Crippen molar-refractivity contribution in [2.75, 3.05) is 13.1 Å². The summed E-state index contributed by atoms with van der Waals surface area (Å²) in [7, 11) is -3.56. The Balaban J connectivity index is 2.35. The number of hydrogen-bond acceptors (Lipinski definition) is 3. The lowest BCUT2D eigenvalue weighted by molar-refractivity contribution is -0.113. The molecule has 1 heterocycles. The number of nitrogens with zero attached hydrogens (tertiary/aromatic N) is 1. The fraction of sp³-hybridized carbons (Fsp3) is 0.357. The first-order chi connectivity index (χ1) is 8.79. The van der Waals surface area contributed by atoms with Crippen molar-refractivity contribution >= 4 is 16.3 Å². The molecule has 0 amide bonds. The number of rotatable bonds is 3. The van der Waals surface area contributed by atoms with Gasteiger partial charge in [-0.15, -0.1) is 0 Å². The average Bonchev–Trinajstić information content (AvgIpc) is 2.68. The van der Waals surface area contributed by atoms with Gasteiger partial charge in [0.1, 0.15) is 6.29 Å². The first-order valence-electron chi connectivity index (χ1n) is 6.01. The zero-order valence-electron chi connectivity index (χ0n) is 11.1. The van der Waals surface area contributed by atoms with E-state index >= 15 is 0 Å². The quantitative estimate of drug-likeness (QED) is 0.626. The molecule has 5 heteroatoms. The Morgan fingerprint density at radius 1 is 1.32 bits per heavy atom. The Labute approximate surface area is 113 Å². The van der Waals surface area contributed by atoms with Gasteiger partial charge in [-0.3, -0.25) is 0 Å². The van der Waals surface area contributed by atoms with Crippen molar-refractivity contribution in [1.82, 2.24) is 4.31 Å². The van der Waals surface area contributed by atoms with Crippen LogP contribution in [-0.4, -0.2) is 32.1 Å². The Bertz CT molecular complexity index is 619. The largest absolute Gasteiger partial charge is 0.302 e. The Morgan fingerprint density at radius 2 is 1.89 bits per heavy atom. The first-order valence-corrected chi connectivity index (χ1v) is 7.45. The van der Waals surface area contributed by atoms with E-state index in [0.717, 1.165) is 11.8 Å². The van der Waals surface area contributed by atoms with Crippen molar-refractivity contribution in [1.29, 1.82) is 0 Å². The van der Waals surface area contributed by atoms with Gasteiger partial charge in [0.05, 0.1) is 10.3 Å². The van der Waals surface area contributed by atoms with E-state index in [9.17, 15) is 13.2 Å².